The van der Waals surface area contributed by atoms with E-state index in [0.29, 0.717) is 12.1 Å². The number of fused-ring (bicyclic) bond motifs is 1. The summed E-state index contributed by atoms with van der Waals surface area (Å²) in [7, 11) is 0. The summed E-state index contributed by atoms with van der Waals surface area (Å²) in [4.78, 5) is 12.1. The zero-order valence-corrected chi connectivity index (χ0v) is 18.1. The number of aryl methyl sites for hydroxylation is 2. The molecule has 0 amide bonds. The SMILES string of the molecule is Cc1cn(-c2ccc(/C=C3\CCCN4C3=NOC4(CO)c3ccc(F)cc3)cc2C)cn1. The van der Waals surface area contributed by atoms with Gasteiger partial charge in [0, 0.05) is 24.0 Å². The van der Waals surface area contributed by atoms with Crippen LogP contribution in [0.3, 0.4) is 0 Å². The summed E-state index contributed by atoms with van der Waals surface area (Å²) in [6.45, 7) is 4.48. The molecule has 1 saturated heterocycles. The lowest BCUT2D eigenvalue weighted by molar-refractivity contribution is -0.137. The van der Waals surface area contributed by atoms with Crippen LogP contribution in [0.25, 0.3) is 11.8 Å². The average Bonchev–Trinajstić information content (AvgIpc) is 3.39. The molecule has 1 aromatic heterocycles. The van der Waals surface area contributed by atoms with Gasteiger partial charge in [0.25, 0.3) is 5.72 Å². The van der Waals surface area contributed by atoms with Crippen LogP contribution >= 0.6 is 0 Å². The van der Waals surface area contributed by atoms with Gasteiger partial charge >= 0.3 is 0 Å². The number of amidine groups is 1. The maximum absolute atomic E-state index is 13.5. The first-order valence-corrected chi connectivity index (χ1v) is 10.7. The van der Waals surface area contributed by atoms with Crippen LogP contribution in [-0.2, 0) is 10.6 Å². The van der Waals surface area contributed by atoms with E-state index in [9.17, 15) is 9.50 Å². The Kier molecular flexibility index (Phi) is 5.06. The molecule has 0 bridgehead atoms. The molecule has 5 rings (SSSR count). The standard InChI is InChI=1S/C25H25FN4O2/c1-17-12-19(5-10-23(17)29-14-18(2)27-16-29)13-20-4-3-11-30-24(20)28-32-25(30,15-31)21-6-8-22(26)9-7-21/h5-10,12-14,16,31H,3-4,11,15H2,1-2H3/b20-13+. The van der Waals surface area contributed by atoms with Gasteiger partial charge in [-0.25, -0.2) is 9.37 Å². The molecular formula is C25H25FN4O2. The van der Waals surface area contributed by atoms with Crippen LogP contribution in [0.4, 0.5) is 4.39 Å². The number of piperidine rings is 1. The molecule has 0 aliphatic carbocycles. The van der Waals surface area contributed by atoms with Crippen LogP contribution in [0.5, 0.6) is 0 Å². The fourth-order valence-electron chi connectivity index (χ4n) is 4.52. The van der Waals surface area contributed by atoms with E-state index < -0.39 is 5.72 Å². The Labute approximate surface area is 186 Å². The second-order valence-electron chi connectivity index (χ2n) is 8.35. The molecule has 6 nitrogen and oxygen atoms in total. The lowest BCUT2D eigenvalue weighted by atomic mass is 9.94. The number of halogens is 1. The number of benzene rings is 2. The highest BCUT2D eigenvalue weighted by atomic mass is 19.1. The Morgan fingerprint density at radius 3 is 2.69 bits per heavy atom. The fourth-order valence-corrected chi connectivity index (χ4v) is 4.52. The van der Waals surface area contributed by atoms with Crippen molar-refractivity contribution in [3.8, 4) is 5.69 Å². The minimum atomic E-state index is -1.12. The zero-order chi connectivity index (χ0) is 22.3. The number of hydrogen-bond acceptors (Lipinski definition) is 5. The van der Waals surface area contributed by atoms with Crippen LogP contribution in [0.1, 0.15) is 35.2 Å². The van der Waals surface area contributed by atoms with E-state index in [4.69, 9.17) is 4.84 Å². The third-order valence-corrected chi connectivity index (χ3v) is 6.15. The maximum Gasteiger partial charge on any atom is 0.260 e. The smallest absolute Gasteiger partial charge is 0.260 e. The first-order chi connectivity index (χ1) is 15.5. The summed E-state index contributed by atoms with van der Waals surface area (Å²) < 4.78 is 15.5. The second-order valence-corrected chi connectivity index (χ2v) is 8.35. The zero-order valence-electron chi connectivity index (χ0n) is 18.1. The highest BCUT2D eigenvalue weighted by Crippen LogP contribution is 2.40. The van der Waals surface area contributed by atoms with Gasteiger partial charge in [0.15, 0.2) is 5.84 Å². The summed E-state index contributed by atoms with van der Waals surface area (Å²) in [5.41, 5.74) is 4.90. The van der Waals surface area contributed by atoms with Crippen molar-refractivity contribution in [2.45, 2.75) is 32.4 Å². The average molecular weight is 432 g/mol. The Bertz CT molecular complexity index is 1210. The van der Waals surface area contributed by atoms with Crippen molar-refractivity contribution >= 4 is 11.9 Å². The Morgan fingerprint density at radius 1 is 1.19 bits per heavy atom. The number of aliphatic hydroxyl groups is 1. The quantitative estimate of drug-likeness (QED) is 0.668. The molecule has 2 aliphatic rings. The van der Waals surface area contributed by atoms with Gasteiger partial charge in [-0.15, -0.1) is 0 Å². The van der Waals surface area contributed by atoms with Crippen molar-refractivity contribution < 1.29 is 14.3 Å². The number of aromatic nitrogens is 2. The predicted molar refractivity (Wildman–Crippen MR) is 121 cm³/mol. The van der Waals surface area contributed by atoms with Gasteiger partial charge in [-0.2, -0.15) is 0 Å². The number of hydrogen-bond donors (Lipinski definition) is 1. The molecule has 1 unspecified atom stereocenters. The van der Waals surface area contributed by atoms with Gasteiger partial charge < -0.3 is 19.4 Å². The summed E-state index contributed by atoms with van der Waals surface area (Å²) in [5, 5.41) is 14.6. The first kappa shape index (κ1) is 20.5. The van der Waals surface area contributed by atoms with E-state index in [0.717, 1.165) is 46.8 Å². The van der Waals surface area contributed by atoms with Crippen molar-refractivity contribution in [3.63, 3.8) is 0 Å². The van der Waals surface area contributed by atoms with Crippen molar-refractivity contribution in [3.05, 3.63) is 88.8 Å². The predicted octanol–water partition coefficient (Wildman–Crippen LogP) is 4.30. The Hall–Kier alpha value is -3.45. The monoisotopic (exact) mass is 432 g/mol. The molecule has 2 aromatic carbocycles. The molecular weight excluding hydrogens is 407 g/mol. The Morgan fingerprint density at radius 2 is 2.00 bits per heavy atom. The van der Waals surface area contributed by atoms with Gasteiger partial charge in [0.2, 0.25) is 0 Å². The highest BCUT2D eigenvalue weighted by molar-refractivity contribution is 6.03. The van der Waals surface area contributed by atoms with E-state index in [1.807, 2.05) is 28.9 Å². The molecule has 0 saturated carbocycles. The second kappa shape index (κ2) is 7.91. The van der Waals surface area contributed by atoms with Crippen LogP contribution in [0.2, 0.25) is 0 Å². The normalized spacial score (nSPS) is 21.4. The van der Waals surface area contributed by atoms with Crippen molar-refractivity contribution in [2.24, 2.45) is 5.16 Å². The van der Waals surface area contributed by atoms with Crippen LogP contribution in [0.15, 0.2) is 65.7 Å². The summed E-state index contributed by atoms with van der Waals surface area (Å²) >= 11 is 0. The molecule has 3 aromatic rings. The summed E-state index contributed by atoms with van der Waals surface area (Å²) in [6, 6.07) is 12.4. The molecule has 2 aliphatic heterocycles. The minimum Gasteiger partial charge on any atom is -0.390 e. The van der Waals surface area contributed by atoms with Crippen molar-refractivity contribution in [2.75, 3.05) is 13.2 Å². The van der Waals surface area contributed by atoms with Crippen molar-refractivity contribution in [1.82, 2.24) is 14.5 Å². The molecule has 1 atom stereocenters. The molecule has 32 heavy (non-hydrogen) atoms. The minimum absolute atomic E-state index is 0.281. The molecule has 1 fully saturated rings. The lowest BCUT2D eigenvalue weighted by Gasteiger charge is -2.38. The number of rotatable bonds is 4. The first-order valence-electron chi connectivity index (χ1n) is 10.7. The number of nitrogens with zero attached hydrogens (tertiary/aromatic N) is 4. The summed E-state index contributed by atoms with van der Waals surface area (Å²) in [6.07, 6.45) is 7.73. The van der Waals surface area contributed by atoms with Gasteiger partial charge in [0.05, 0.1) is 12.0 Å². The fraction of sp³-hybridized carbons (Fsp3) is 0.280. The maximum atomic E-state index is 13.5. The molecule has 0 spiro atoms. The lowest BCUT2D eigenvalue weighted by Crippen LogP contribution is -2.51. The highest BCUT2D eigenvalue weighted by Gasteiger charge is 2.49. The van der Waals surface area contributed by atoms with Crippen LogP contribution in [0, 0.1) is 19.7 Å². The number of imidazole rings is 1. The molecule has 3 heterocycles. The van der Waals surface area contributed by atoms with E-state index in [1.54, 1.807) is 12.1 Å². The van der Waals surface area contributed by atoms with E-state index >= 15 is 0 Å². The third-order valence-electron chi connectivity index (χ3n) is 6.15. The number of aliphatic hydroxyl groups excluding tert-OH is 1. The van der Waals surface area contributed by atoms with Crippen molar-refractivity contribution in [1.29, 1.82) is 0 Å². The third kappa shape index (κ3) is 3.39. The Balaban J connectivity index is 1.45. The summed E-state index contributed by atoms with van der Waals surface area (Å²) in [5.74, 6) is 0.395. The molecule has 1 N–H and O–H groups in total. The van der Waals surface area contributed by atoms with Gasteiger partial charge in [-0.1, -0.05) is 11.2 Å². The van der Waals surface area contributed by atoms with E-state index in [1.165, 1.54) is 12.1 Å². The van der Waals surface area contributed by atoms with Gasteiger partial charge in [-0.3, -0.25) is 0 Å². The van der Waals surface area contributed by atoms with Gasteiger partial charge in [-0.05, 0) is 85.9 Å². The van der Waals surface area contributed by atoms with E-state index in [-0.39, 0.29) is 12.4 Å². The molecule has 164 valence electrons. The van der Waals surface area contributed by atoms with Crippen LogP contribution in [-0.4, -0.2) is 38.5 Å². The largest absolute Gasteiger partial charge is 0.390 e. The molecule has 7 heteroatoms. The van der Waals surface area contributed by atoms with E-state index in [2.05, 4.69) is 41.3 Å². The topological polar surface area (TPSA) is 62.9 Å². The number of oxime groups is 1. The van der Waals surface area contributed by atoms with Crippen LogP contribution < -0.4 is 0 Å². The molecule has 0 radical (unpaired) electrons. The van der Waals surface area contributed by atoms with Gasteiger partial charge in [0.1, 0.15) is 12.4 Å².